The summed E-state index contributed by atoms with van der Waals surface area (Å²) in [4.78, 5) is 12.4. The van der Waals surface area contributed by atoms with Crippen LogP contribution >= 0.6 is 11.6 Å². The summed E-state index contributed by atoms with van der Waals surface area (Å²) in [7, 11) is -2.61. The number of halogens is 2. The quantitative estimate of drug-likeness (QED) is 0.769. The highest BCUT2D eigenvalue weighted by Crippen LogP contribution is 2.26. The van der Waals surface area contributed by atoms with E-state index in [-0.39, 0.29) is 21.6 Å². The molecule has 2 aromatic rings. The number of hydrogen-bond donors (Lipinski definition) is 1. The summed E-state index contributed by atoms with van der Waals surface area (Å²) >= 11 is 6.11. The maximum absolute atomic E-state index is 13.1. The highest BCUT2D eigenvalue weighted by molar-refractivity contribution is 7.92. The number of rotatable bonds is 6. The van der Waals surface area contributed by atoms with Gasteiger partial charge in [0.2, 0.25) is 0 Å². The Morgan fingerprint density at radius 2 is 2.00 bits per heavy atom. The first kappa shape index (κ1) is 20.6. The lowest BCUT2D eigenvalue weighted by Crippen LogP contribution is -2.32. The van der Waals surface area contributed by atoms with Gasteiger partial charge in [0.1, 0.15) is 5.82 Å². The summed E-state index contributed by atoms with van der Waals surface area (Å²) in [6.07, 6.45) is 1.77. The molecule has 1 aliphatic rings. The van der Waals surface area contributed by atoms with E-state index in [1.165, 1.54) is 49.5 Å². The Bertz CT molecular complexity index is 960. The summed E-state index contributed by atoms with van der Waals surface area (Å²) in [6.45, 7) is 1.01. The third-order valence-corrected chi connectivity index (χ3v) is 6.66. The second-order valence-electron chi connectivity index (χ2n) is 6.44. The average molecular weight is 427 g/mol. The number of hydrogen-bond acceptors (Lipinski definition) is 4. The fraction of sp³-hybridized carbons (Fsp3) is 0.316. The van der Waals surface area contributed by atoms with E-state index in [1.54, 1.807) is 0 Å². The molecule has 9 heteroatoms. The Kier molecular flexibility index (Phi) is 6.22. The Morgan fingerprint density at radius 3 is 2.64 bits per heavy atom. The predicted octanol–water partition coefficient (Wildman–Crippen LogP) is 3.21. The molecule has 1 amide bonds. The largest absolute Gasteiger partial charge is 0.376 e. The van der Waals surface area contributed by atoms with Crippen LogP contribution in [0.1, 0.15) is 23.2 Å². The predicted molar refractivity (Wildman–Crippen MR) is 105 cm³/mol. The maximum atomic E-state index is 13.1. The Labute approximate surface area is 168 Å². The van der Waals surface area contributed by atoms with Crippen LogP contribution in [-0.4, -0.2) is 40.6 Å². The number of ether oxygens (including phenoxy) is 1. The maximum Gasteiger partial charge on any atom is 0.264 e. The summed E-state index contributed by atoms with van der Waals surface area (Å²) in [5, 5.41) is 2.88. The first-order chi connectivity index (χ1) is 13.3. The van der Waals surface area contributed by atoms with Gasteiger partial charge in [0.05, 0.1) is 27.3 Å². The Morgan fingerprint density at radius 1 is 1.29 bits per heavy atom. The van der Waals surface area contributed by atoms with Crippen LogP contribution < -0.4 is 9.62 Å². The molecule has 0 radical (unpaired) electrons. The first-order valence-electron chi connectivity index (χ1n) is 8.73. The van der Waals surface area contributed by atoms with E-state index in [0.717, 1.165) is 17.1 Å². The molecule has 0 aliphatic carbocycles. The molecule has 3 rings (SSSR count). The third-order valence-electron chi connectivity index (χ3n) is 4.55. The van der Waals surface area contributed by atoms with Gasteiger partial charge in [-0.05, 0) is 55.3 Å². The second-order valence-corrected chi connectivity index (χ2v) is 8.81. The summed E-state index contributed by atoms with van der Waals surface area (Å²) in [5.41, 5.74) is 0.356. The van der Waals surface area contributed by atoms with Crippen LogP contribution in [-0.2, 0) is 14.8 Å². The molecular weight excluding hydrogens is 407 g/mol. The van der Waals surface area contributed by atoms with Crippen LogP contribution in [0.4, 0.5) is 10.1 Å². The van der Waals surface area contributed by atoms with Gasteiger partial charge >= 0.3 is 0 Å². The van der Waals surface area contributed by atoms with Gasteiger partial charge in [0.25, 0.3) is 15.9 Å². The van der Waals surface area contributed by atoms with Crippen LogP contribution in [0.25, 0.3) is 0 Å². The minimum Gasteiger partial charge on any atom is -0.376 e. The molecule has 28 heavy (non-hydrogen) atoms. The van der Waals surface area contributed by atoms with Gasteiger partial charge in [-0.1, -0.05) is 11.6 Å². The molecule has 0 unspecified atom stereocenters. The minimum absolute atomic E-state index is 0.0424. The zero-order chi connectivity index (χ0) is 20.3. The number of carbonyl (C=O) groups excluding carboxylic acids is 1. The number of amides is 1. The number of nitrogens with zero attached hydrogens (tertiary/aromatic N) is 1. The topological polar surface area (TPSA) is 75.7 Å². The number of sulfonamides is 1. The van der Waals surface area contributed by atoms with Crippen LogP contribution in [0.5, 0.6) is 0 Å². The smallest absolute Gasteiger partial charge is 0.264 e. The van der Waals surface area contributed by atoms with Crippen molar-refractivity contribution in [3.63, 3.8) is 0 Å². The molecule has 2 aromatic carbocycles. The van der Waals surface area contributed by atoms with Crippen molar-refractivity contribution in [2.75, 3.05) is 24.5 Å². The average Bonchev–Trinajstić information content (AvgIpc) is 3.20. The lowest BCUT2D eigenvalue weighted by molar-refractivity contribution is 0.0857. The van der Waals surface area contributed by atoms with Crippen molar-refractivity contribution in [1.29, 1.82) is 0 Å². The molecule has 0 saturated carbocycles. The molecule has 0 aromatic heterocycles. The van der Waals surface area contributed by atoms with Crippen LogP contribution in [0.3, 0.4) is 0 Å². The van der Waals surface area contributed by atoms with Crippen molar-refractivity contribution in [3.8, 4) is 0 Å². The highest BCUT2D eigenvalue weighted by Gasteiger charge is 2.24. The number of anilines is 1. The third kappa shape index (κ3) is 4.45. The van der Waals surface area contributed by atoms with Crippen molar-refractivity contribution in [1.82, 2.24) is 5.32 Å². The second kappa shape index (κ2) is 8.46. The van der Waals surface area contributed by atoms with E-state index in [9.17, 15) is 17.6 Å². The highest BCUT2D eigenvalue weighted by atomic mass is 35.5. The molecule has 1 atom stereocenters. The van der Waals surface area contributed by atoms with Crippen LogP contribution in [0.15, 0.2) is 47.4 Å². The van der Waals surface area contributed by atoms with Crippen molar-refractivity contribution in [2.24, 2.45) is 0 Å². The summed E-state index contributed by atoms with van der Waals surface area (Å²) < 4.78 is 45.4. The number of nitrogens with one attached hydrogen (secondary N) is 1. The fourth-order valence-corrected chi connectivity index (χ4v) is 4.32. The van der Waals surface area contributed by atoms with Gasteiger partial charge in [-0.3, -0.25) is 9.10 Å². The van der Waals surface area contributed by atoms with Crippen LogP contribution in [0, 0.1) is 5.82 Å². The zero-order valence-corrected chi connectivity index (χ0v) is 16.8. The van der Waals surface area contributed by atoms with Crippen molar-refractivity contribution >= 4 is 33.2 Å². The van der Waals surface area contributed by atoms with Gasteiger partial charge in [-0.15, -0.1) is 0 Å². The zero-order valence-electron chi connectivity index (χ0n) is 15.2. The van der Waals surface area contributed by atoms with E-state index < -0.39 is 21.7 Å². The minimum atomic E-state index is -3.96. The van der Waals surface area contributed by atoms with Gasteiger partial charge in [-0.25, -0.2) is 12.8 Å². The molecule has 1 fully saturated rings. The van der Waals surface area contributed by atoms with Gasteiger partial charge in [0.15, 0.2) is 0 Å². The van der Waals surface area contributed by atoms with Crippen molar-refractivity contribution in [2.45, 2.75) is 23.8 Å². The van der Waals surface area contributed by atoms with E-state index in [0.29, 0.717) is 18.8 Å². The molecule has 1 aliphatic heterocycles. The molecular formula is C19H20ClFN2O4S. The normalized spacial score (nSPS) is 16.8. The number of carbonyl (C=O) groups is 1. The SMILES string of the molecule is CN(c1ccc(F)cc1)S(=O)(=O)c1ccc(Cl)c(C(=O)NC[C@H]2CCCO2)c1. The molecule has 6 nitrogen and oxygen atoms in total. The van der Waals surface area contributed by atoms with Crippen molar-refractivity contribution in [3.05, 3.63) is 58.9 Å². The monoisotopic (exact) mass is 426 g/mol. The standard InChI is InChI=1S/C19H20ClFN2O4S/c1-23(14-6-4-13(21)5-7-14)28(25,26)16-8-9-18(20)17(11-16)19(24)22-12-15-3-2-10-27-15/h4-9,11,15H,2-3,10,12H2,1H3,(H,22,24)/t15-/m1/s1. The summed E-state index contributed by atoms with van der Waals surface area (Å²) in [6, 6.07) is 9.00. The molecule has 1 saturated heterocycles. The van der Waals surface area contributed by atoms with E-state index in [1.807, 2.05) is 0 Å². The molecule has 1 heterocycles. The van der Waals surface area contributed by atoms with Gasteiger partial charge < -0.3 is 10.1 Å². The van der Waals surface area contributed by atoms with Crippen LogP contribution in [0.2, 0.25) is 5.02 Å². The fourth-order valence-electron chi connectivity index (χ4n) is 2.89. The first-order valence-corrected chi connectivity index (χ1v) is 10.5. The molecule has 150 valence electrons. The van der Waals surface area contributed by atoms with E-state index >= 15 is 0 Å². The Balaban J connectivity index is 1.82. The van der Waals surface area contributed by atoms with Crippen molar-refractivity contribution < 1.29 is 22.3 Å². The van der Waals surface area contributed by atoms with Gasteiger partial charge in [-0.2, -0.15) is 0 Å². The summed E-state index contributed by atoms with van der Waals surface area (Å²) in [5.74, 6) is -0.937. The molecule has 0 spiro atoms. The lowest BCUT2D eigenvalue weighted by atomic mass is 10.2. The van der Waals surface area contributed by atoms with E-state index in [4.69, 9.17) is 16.3 Å². The lowest BCUT2D eigenvalue weighted by Gasteiger charge is -2.20. The van der Waals surface area contributed by atoms with E-state index in [2.05, 4.69) is 5.32 Å². The molecule has 1 N–H and O–H groups in total. The number of benzene rings is 2. The molecule has 0 bridgehead atoms. The van der Waals surface area contributed by atoms with Gasteiger partial charge in [0, 0.05) is 20.2 Å². The Hall–Kier alpha value is -2.16.